The first-order chi connectivity index (χ1) is 17.7. The van der Waals surface area contributed by atoms with Crippen LogP contribution in [0, 0.1) is 5.41 Å². The fourth-order valence-corrected chi connectivity index (χ4v) is 4.76. The van der Waals surface area contributed by atoms with Crippen LogP contribution in [-0.4, -0.2) is 47.4 Å². The number of nitrogens with two attached hydrogens (primary N) is 1. The number of amidine groups is 1. The van der Waals surface area contributed by atoms with Crippen molar-refractivity contribution >= 4 is 23.4 Å². The molecule has 5 N–H and O–H groups in total. The van der Waals surface area contributed by atoms with Crippen molar-refractivity contribution < 1.29 is 19.4 Å². The third-order valence-electron chi connectivity index (χ3n) is 7.01. The fraction of sp³-hybridized carbons (Fsp3) is 0.483. The number of nitrogens with zero attached hydrogens (tertiary/aromatic N) is 1. The highest BCUT2D eigenvalue weighted by molar-refractivity contribution is 5.95. The minimum absolute atomic E-state index is 0.0582. The molecule has 1 aliphatic rings. The summed E-state index contributed by atoms with van der Waals surface area (Å²) in [6, 6.07) is 10.7. The smallest absolute Gasteiger partial charge is 0.333 e. The average Bonchev–Trinajstić information content (AvgIpc) is 3.17. The Morgan fingerprint density at radius 3 is 2.30 bits per heavy atom. The molecule has 8 nitrogen and oxygen atoms in total. The second kappa shape index (κ2) is 12.6. The topological polar surface area (TPSA) is 129 Å². The molecular formula is C29H40N4O4. The normalized spacial score (nSPS) is 15.4. The molecule has 1 heterocycles. The highest BCUT2D eigenvalue weighted by atomic mass is 16.5. The van der Waals surface area contributed by atoms with E-state index in [1.807, 2.05) is 17.9 Å². The van der Waals surface area contributed by atoms with Crippen LogP contribution in [0.4, 0.5) is 5.69 Å². The number of hydrogen-bond acceptors (Lipinski definition) is 5. The van der Waals surface area contributed by atoms with Gasteiger partial charge in [0.25, 0.3) is 5.91 Å². The molecule has 1 saturated heterocycles. The van der Waals surface area contributed by atoms with Gasteiger partial charge >= 0.3 is 5.97 Å². The Hall–Kier alpha value is -3.55. The number of carbonyl (C=O) groups is 2. The number of aryl methyl sites for hydroxylation is 2. The van der Waals surface area contributed by atoms with Crippen LogP contribution in [0.5, 0.6) is 5.75 Å². The Labute approximate surface area is 219 Å². The third-order valence-corrected chi connectivity index (χ3v) is 7.01. The lowest BCUT2D eigenvalue weighted by atomic mass is 9.86. The molecule has 2 aromatic rings. The highest BCUT2D eigenvalue weighted by Gasteiger charge is 2.39. The van der Waals surface area contributed by atoms with E-state index in [1.165, 1.54) is 0 Å². The molecule has 0 bridgehead atoms. The molecule has 1 aliphatic heterocycles. The van der Waals surface area contributed by atoms with E-state index in [1.54, 1.807) is 31.2 Å². The molecule has 1 amide bonds. The minimum Gasteiger partial charge on any atom is -0.483 e. The van der Waals surface area contributed by atoms with E-state index in [-0.39, 0.29) is 18.3 Å². The second-order valence-corrected chi connectivity index (χ2v) is 9.87. The molecule has 0 aliphatic carbocycles. The van der Waals surface area contributed by atoms with Gasteiger partial charge in [-0.3, -0.25) is 10.2 Å². The molecule has 200 valence electrons. The molecule has 1 unspecified atom stereocenters. The molecule has 0 aromatic heterocycles. The van der Waals surface area contributed by atoms with E-state index in [9.17, 15) is 14.7 Å². The van der Waals surface area contributed by atoms with Crippen LogP contribution in [0.3, 0.4) is 0 Å². The van der Waals surface area contributed by atoms with E-state index < -0.39 is 11.5 Å². The number of hydrogen-bond donors (Lipinski definition) is 4. The Morgan fingerprint density at radius 2 is 1.76 bits per heavy atom. The summed E-state index contributed by atoms with van der Waals surface area (Å²) in [5.41, 5.74) is 7.55. The largest absolute Gasteiger partial charge is 0.483 e. The molecule has 0 radical (unpaired) electrons. The van der Waals surface area contributed by atoms with Crippen LogP contribution >= 0.6 is 0 Å². The van der Waals surface area contributed by atoms with Crippen molar-refractivity contribution in [3.63, 3.8) is 0 Å². The van der Waals surface area contributed by atoms with Gasteiger partial charge in [-0.1, -0.05) is 39.2 Å². The molecule has 0 spiro atoms. The first-order valence-electron chi connectivity index (χ1n) is 13.2. The molecule has 3 rings (SSSR count). The summed E-state index contributed by atoms with van der Waals surface area (Å²) in [7, 11) is 0. The zero-order valence-electron chi connectivity index (χ0n) is 22.2. The van der Waals surface area contributed by atoms with E-state index in [2.05, 4.69) is 18.3 Å². The van der Waals surface area contributed by atoms with E-state index in [0.717, 1.165) is 62.7 Å². The number of benzene rings is 2. The quantitative estimate of drug-likeness (QED) is 0.258. The standard InChI is InChI=1S/C29H40N4O4/c1-4-10-22-17-20(5-2)18-24(26(22)37-19-25(34)33-15-8-6-7-9-16-33)29(3,28(35)36)32-23-13-11-21(12-14-23)27(30)31/h11-14,17-18,32H,4-10,15-16,19H2,1-3H3,(H3,30,31)(H,35,36). The van der Waals surface area contributed by atoms with Crippen molar-refractivity contribution in [3.05, 3.63) is 58.7 Å². The van der Waals surface area contributed by atoms with Crippen molar-refractivity contribution in [3.8, 4) is 5.75 Å². The molecule has 1 atom stereocenters. The summed E-state index contributed by atoms with van der Waals surface area (Å²) in [4.78, 5) is 27.7. The minimum atomic E-state index is -1.54. The number of carbonyl (C=O) groups excluding carboxylic acids is 1. The van der Waals surface area contributed by atoms with Gasteiger partial charge in [0, 0.05) is 29.9 Å². The number of anilines is 1. The number of aliphatic carboxylic acids is 1. The number of nitrogen functional groups attached to an aromatic ring is 1. The van der Waals surface area contributed by atoms with Crippen molar-refractivity contribution in [1.29, 1.82) is 5.41 Å². The fourth-order valence-electron chi connectivity index (χ4n) is 4.76. The predicted octanol–water partition coefficient (Wildman–Crippen LogP) is 4.68. The van der Waals surface area contributed by atoms with Crippen LogP contribution in [0.15, 0.2) is 36.4 Å². The average molecular weight is 509 g/mol. The number of ether oxygens (including phenoxy) is 1. The Bertz CT molecular complexity index is 1110. The first-order valence-corrected chi connectivity index (χ1v) is 13.2. The van der Waals surface area contributed by atoms with Crippen LogP contribution < -0.4 is 15.8 Å². The maximum absolute atomic E-state index is 13.0. The van der Waals surface area contributed by atoms with Gasteiger partial charge < -0.3 is 25.8 Å². The Kier molecular flexibility index (Phi) is 9.55. The van der Waals surface area contributed by atoms with Crippen molar-refractivity contribution in [1.82, 2.24) is 4.90 Å². The van der Waals surface area contributed by atoms with E-state index >= 15 is 0 Å². The predicted molar refractivity (Wildman–Crippen MR) is 146 cm³/mol. The molecule has 1 fully saturated rings. The van der Waals surface area contributed by atoms with E-state index in [0.29, 0.717) is 29.0 Å². The molecule has 8 heteroatoms. The second-order valence-electron chi connectivity index (χ2n) is 9.87. The van der Waals surface area contributed by atoms with Gasteiger partial charge in [-0.05, 0) is 74.1 Å². The number of carboxylic acids is 1. The monoisotopic (exact) mass is 508 g/mol. The zero-order chi connectivity index (χ0) is 27.0. The number of rotatable bonds is 11. The third kappa shape index (κ3) is 6.81. The van der Waals surface area contributed by atoms with Gasteiger partial charge in [0.2, 0.25) is 0 Å². The summed E-state index contributed by atoms with van der Waals surface area (Å²) < 4.78 is 6.22. The number of likely N-dealkylation sites (tertiary alicyclic amines) is 1. The van der Waals surface area contributed by atoms with Gasteiger partial charge in [0.15, 0.2) is 12.1 Å². The van der Waals surface area contributed by atoms with Crippen LogP contribution in [0.2, 0.25) is 0 Å². The van der Waals surface area contributed by atoms with Crippen LogP contribution in [0.25, 0.3) is 0 Å². The van der Waals surface area contributed by atoms with E-state index in [4.69, 9.17) is 15.9 Å². The lowest BCUT2D eigenvalue weighted by Crippen LogP contribution is -2.41. The lowest BCUT2D eigenvalue weighted by Gasteiger charge is -2.31. The molecule has 2 aromatic carbocycles. The number of nitrogens with one attached hydrogen (secondary N) is 2. The maximum atomic E-state index is 13.0. The molecule has 37 heavy (non-hydrogen) atoms. The summed E-state index contributed by atoms with van der Waals surface area (Å²) in [6.07, 6.45) is 6.54. The maximum Gasteiger partial charge on any atom is 0.333 e. The van der Waals surface area contributed by atoms with Crippen molar-refractivity contribution in [2.45, 2.75) is 71.3 Å². The van der Waals surface area contributed by atoms with Gasteiger partial charge in [-0.15, -0.1) is 0 Å². The lowest BCUT2D eigenvalue weighted by molar-refractivity contribution is -0.142. The summed E-state index contributed by atoms with van der Waals surface area (Å²) in [5.74, 6) is -0.737. The van der Waals surface area contributed by atoms with Crippen molar-refractivity contribution in [2.75, 3.05) is 25.0 Å². The summed E-state index contributed by atoms with van der Waals surface area (Å²) in [5, 5.41) is 21.2. The van der Waals surface area contributed by atoms with Crippen LogP contribution in [-0.2, 0) is 28.0 Å². The van der Waals surface area contributed by atoms with Gasteiger partial charge in [-0.2, -0.15) is 0 Å². The number of carboxylic acid groups (broad SMARTS) is 1. The molecule has 0 saturated carbocycles. The SMILES string of the molecule is CCCc1cc(CC)cc(C(C)(Nc2ccc(C(=N)N)cc2)C(=O)O)c1OCC(=O)N1CCCCCC1. The zero-order valence-corrected chi connectivity index (χ0v) is 22.2. The highest BCUT2D eigenvalue weighted by Crippen LogP contribution is 2.38. The molecular weight excluding hydrogens is 468 g/mol. The Balaban J connectivity index is 2.01. The first kappa shape index (κ1) is 28.0. The van der Waals surface area contributed by atoms with Gasteiger partial charge in [-0.25, -0.2) is 4.79 Å². The van der Waals surface area contributed by atoms with Gasteiger partial charge in [0.1, 0.15) is 11.6 Å². The number of amides is 1. The van der Waals surface area contributed by atoms with Crippen LogP contribution in [0.1, 0.15) is 75.1 Å². The summed E-state index contributed by atoms with van der Waals surface area (Å²) >= 11 is 0. The van der Waals surface area contributed by atoms with Crippen molar-refractivity contribution in [2.24, 2.45) is 5.73 Å². The van der Waals surface area contributed by atoms with Gasteiger partial charge in [0.05, 0.1) is 0 Å². The Morgan fingerprint density at radius 1 is 1.11 bits per heavy atom. The summed E-state index contributed by atoms with van der Waals surface area (Å²) in [6.45, 7) is 7.05.